The van der Waals surface area contributed by atoms with Gasteiger partial charge in [-0.15, -0.1) is 0 Å². The van der Waals surface area contributed by atoms with Crippen molar-refractivity contribution in [1.29, 1.82) is 0 Å². The van der Waals surface area contributed by atoms with Crippen molar-refractivity contribution >= 4 is 11.6 Å². The number of methoxy groups -OCH3 is 1. The second-order valence-corrected chi connectivity index (χ2v) is 6.35. The van der Waals surface area contributed by atoms with Crippen molar-refractivity contribution in [3.63, 3.8) is 0 Å². The van der Waals surface area contributed by atoms with Gasteiger partial charge in [-0.25, -0.2) is 4.39 Å². The topological polar surface area (TPSA) is 64.4 Å². The summed E-state index contributed by atoms with van der Waals surface area (Å²) in [5, 5.41) is 6.95. The predicted molar refractivity (Wildman–Crippen MR) is 94.4 cm³/mol. The third kappa shape index (κ3) is 2.94. The molecule has 0 aliphatic heterocycles. The number of aromatic nitrogens is 1. The fourth-order valence-electron chi connectivity index (χ4n) is 2.92. The number of ether oxygens (including phenoxy) is 1. The van der Waals surface area contributed by atoms with E-state index in [2.05, 4.69) is 10.5 Å². The molecule has 26 heavy (non-hydrogen) atoms. The Balaban J connectivity index is 1.56. The molecule has 0 saturated heterocycles. The average Bonchev–Trinajstić information content (AvgIpc) is 3.33. The number of hydrogen-bond donors (Lipinski definition) is 1. The Morgan fingerprint density at radius 1 is 1.19 bits per heavy atom. The molecule has 0 atom stereocenters. The van der Waals surface area contributed by atoms with Crippen LogP contribution in [-0.4, -0.2) is 18.2 Å². The van der Waals surface area contributed by atoms with Crippen LogP contribution in [0.4, 0.5) is 10.1 Å². The molecular formula is C20H17FN2O3. The summed E-state index contributed by atoms with van der Waals surface area (Å²) in [7, 11) is 1.60. The first-order valence-corrected chi connectivity index (χ1v) is 8.29. The van der Waals surface area contributed by atoms with Gasteiger partial charge in [-0.2, -0.15) is 0 Å². The summed E-state index contributed by atoms with van der Waals surface area (Å²) in [6.07, 6.45) is 1.40. The van der Waals surface area contributed by atoms with Gasteiger partial charge in [-0.1, -0.05) is 17.3 Å². The fourth-order valence-corrected chi connectivity index (χ4v) is 2.92. The standard InChI is InChI=1S/C20H17FN2O3/c1-25-16-4-2-3-13(11-16)17-12-18(23-26-17)20(9-10-20)19(24)22-15-7-5-14(21)6-8-15/h2-8,11-12H,9-10H2,1H3,(H,22,24). The van der Waals surface area contributed by atoms with Crippen molar-refractivity contribution in [2.24, 2.45) is 0 Å². The van der Waals surface area contributed by atoms with E-state index >= 15 is 0 Å². The van der Waals surface area contributed by atoms with E-state index in [0.717, 1.165) is 11.3 Å². The van der Waals surface area contributed by atoms with Gasteiger partial charge >= 0.3 is 0 Å². The molecule has 0 spiro atoms. The second kappa shape index (κ2) is 6.29. The number of halogens is 1. The van der Waals surface area contributed by atoms with Crippen molar-refractivity contribution in [3.8, 4) is 17.1 Å². The second-order valence-electron chi connectivity index (χ2n) is 6.35. The Kier molecular flexibility index (Phi) is 3.95. The molecule has 6 heteroatoms. The molecule has 4 rings (SSSR count). The van der Waals surface area contributed by atoms with Gasteiger partial charge in [0.25, 0.3) is 0 Å². The third-order valence-electron chi connectivity index (χ3n) is 4.64. The van der Waals surface area contributed by atoms with Gasteiger partial charge < -0.3 is 14.6 Å². The summed E-state index contributed by atoms with van der Waals surface area (Å²) in [4.78, 5) is 12.7. The largest absolute Gasteiger partial charge is 0.497 e. The molecule has 0 radical (unpaired) electrons. The van der Waals surface area contributed by atoms with Crippen molar-refractivity contribution in [2.75, 3.05) is 12.4 Å². The van der Waals surface area contributed by atoms with Crippen LogP contribution in [0.2, 0.25) is 0 Å². The van der Waals surface area contributed by atoms with E-state index in [1.54, 1.807) is 13.2 Å². The maximum atomic E-state index is 13.0. The molecule has 132 valence electrons. The Hall–Kier alpha value is -3.15. The zero-order valence-corrected chi connectivity index (χ0v) is 14.2. The molecule has 1 N–H and O–H groups in total. The van der Waals surface area contributed by atoms with Crippen LogP contribution in [0.5, 0.6) is 5.75 Å². The number of anilines is 1. The Morgan fingerprint density at radius 3 is 2.65 bits per heavy atom. The first-order chi connectivity index (χ1) is 12.6. The van der Waals surface area contributed by atoms with Gasteiger partial charge in [0.2, 0.25) is 5.91 Å². The lowest BCUT2D eigenvalue weighted by atomic mass is 10.00. The number of nitrogens with one attached hydrogen (secondary N) is 1. The third-order valence-corrected chi connectivity index (χ3v) is 4.64. The van der Waals surface area contributed by atoms with Gasteiger partial charge in [0.05, 0.1) is 18.2 Å². The number of nitrogens with zero attached hydrogens (tertiary/aromatic N) is 1. The van der Waals surface area contributed by atoms with E-state index in [-0.39, 0.29) is 11.7 Å². The molecular weight excluding hydrogens is 335 g/mol. The van der Waals surface area contributed by atoms with Crippen LogP contribution in [0.3, 0.4) is 0 Å². The number of carbonyl (C=O) groups excluding carboxylic acids is 1. The summed E-state index contributed by atoms with van der Waals surface area (Å²) in [6, 6.07) is 14.9. The van der Waals surface area contributed by atoms with Crippen LogP contribution >= 0.6 is 0 Å². The quantitative estimate of drug-likeness (QED) is 0.749. The normalized spacial score (nSPS) is 14.7. The minimum Gasteiger partial charge on any atom is -0.497 e. The minimum atomic E-state index is -0.686. The fraction of sp³-hybridized carbons (Fsp3) is 0.200. The Morgan fingerprint density at radius 2 is 1.96 bits per heavy atom. The summed E-state index contributed by atoms with van der Waals surface area (Å²) in [5.74, 6) is 0.800. The first-order valence-electron chi connectivity index (χ1n) is 8.29. The van der Waals surface area contributed by atoms with Gasteiger partial charge in [0.1, 0.15) is 11.6 Å². The molecule has 0 bridgehead atoms. The number of carbonyl (C=O) groups is 1. The summed E-state index contributed by atoms with van der Waals surface area (Å²) >= 11 is 0. The molecule has 1 fully saturated rings. The molecule has 2 aromatic carbocycles. The lowest BCUT2D eigenvalue weighted by molar-refractivity contribution is -0.118. The van der Waals surface area contributed by atoms with Gasteiger partial charge in [-0.3, -0.25) is 4.79 Å². The van der Waals surface area contributed by atoms with E-state index in [1.807, 2.05) is 24.3 Å². The van der Waals surface area contributed by atoms with Crippen LogP contribution in [0.15, 0.2) is 59.1 Å². The van der Waals surface area contributed by atoms with E-state index in [9.17, 15) is 9.18 Å². The van der Waals surface area contributed by atoms with E-state index in [4.69, 9.17) is 9.26 Å². The van der Waals surface area contributed by atoms with Gasteiger partial charge in [0.15, 0.2) is 5.76 Å². The van der Waals surface area contributed by atoms with Crippen LogP contribution in [-0.2, 0) is 10.2 Å². The van der Waals surface area contributed by atoms with Crippen molar-refractivity contribution in [1.82, 2.24) is 5.16 Å². The van der Waals surface area contributed by atoms with Crippen LogP contribution in [0.1, 0.15) is 18.5 Å². The van der Waals surface area contributed by atoms with Crippen molar-refractivity contribution in [2.45, 2.75) is 18.3 Å². The molecule has 3 aromatic rings. The molecule has 1 heterocycles. The zero-order chi connectivity index (χ0) is 18.1. The van der Waals surface area contributed by atoms with Crippen LogP contribution in [0, 0.1) is 5.82 Å². The molecule has 5 nitrogen and oxygen atoms in total. The Labute approximate surface area is 149 Å². The average molecular weight is 352 g/mol. The number of amides is 1. The molecule has 1 aromatic heterocycles. The summed E-state index contributed by atoms with van der Waals surface area (Å²) in [6.45, 7) is 0. The predicted octanol–water partition coefficient (Wildman–Crippen LogP) is 4.16. The molecule has 1 amide bonds. The highest BCUT2D eigenvalue weighted by Gasteiger charge is 2.53. The highest BCUT2D eigenvalue weighted by atomic mass is 19.1. The van der Waals surface area contributed by atoms with E-state index < -0.39 is 5.41 Å². The summed E-state index contributed by atoms with van der Waals surface area (Å²) in [5.41, 5.74) is 1.31. The van der Waals surface area contributed by atoms with Crippen LogP contribution < -0.4 is 10.1 Å². The van der Waals surface area contributed by atoms with Crippen LogP contribution in [0.25, 0.3) is 11.3 Å². The first kappa shape index (κ1) is 16.3. The Bertz CT molecular complexity index is 946. The smallest absolute Gasteiger partial charge is 0.236 e. The lowest BCUT2D eigenvalue weighted by Gasteiger charge is -2.12. The number of benzene rings is 2. The highest BCUT2D eigenvalue weighted by Crippen LogP contribution is 2.49. The lowest BCUT2D eigenvalue weighted by Crippen LogP contribution is -2.28. The van der Waals surface area contributed by atoms with Gasteiger partial charge in [-0.05, 0) is 49.2 Å². The maximum Gasteiger partial charge on any atom is 0.236 e. The molecule has 1 saturated carbocycles. The maximum absolute atomic E-state index is 13.0. The monoisotopic (exact) mass is 352 g/mol. The van der Waals surface area contributed by atoms with E-state index in [0.29, 0.717) is 30.0 Å². The number of rotatable bonds is 5. The molecule has 0 unspecified atom stereocenters. The number of hydrogen-bond acceptors (Lipinski definition) is 4. The molecule has 1 aliphatic carbocycles. The minimum absolute atomic E-state index is 0.158. The highest BCUT2D eigenvalue weighted by molar-refractivity contribution is 6.01. The van der Waals surface area contributed by atoms with E-state index in [1.165, 1.54) is 24.3 Å². The van der Waals surface area contributed by atoms with Crippen molar-refractivity contribution in [3.05, 3.63) is 66.1 Å². The van der Waals surface area contributed by atoms with Crippen molar-refractivity contribution < 1.29 is 18.4 Å². The SMILES string of the molecule is COc1cccc(-c2cc(C3(C(=O)Nc4ccc(F)cc4)CC3)no2)c1. The van der Waals surface area contributed by atoms with Gasteiger partial charge in [0, 0.05) is 17.3 Å². The summed E-state index contributed by atoms with van der Waals surface area (Å²) < 4.78 is 23.7. The zero-order valence-electron chi connectivity index (χ0n) is 14.2. The molecule has 1 aliphatic rings.